The molecule has 0 fully saturated rings. The number of aliphatic imine (C=N–C) groups is 2. The van der Waals surface area contributed by atoms with Crippen LogP contribution < -0.4 is 5.43 Å². The van der Waals surface area contributed by atoms with Crippen molar-refractivity contribution in [3.05, 3.63) is 78.1 Å². The largest absolute Gasteiger partial charge is 0.379 e. The van der Waals surface area contributed by atoms with Crippen LogP contribution >= 0.6 is 0 Å². The molecule has 0 heterocycles. The highest BCUT2D eigenvalue weighted by molar-refractivity contribution is 6.44. The maximum Gasteiger partial charge on any atom is 0.201 e. The van der Waals surface area contributed by atoms with E-state index in [2.05, 4.69) is 27.1 Å². The van der Waals surface area contributed by atoms with Crippen LogP contribution in [0.2, 0.25) is 0 Å². The molecule has 194 valence electrons. The lowest BCUT2D eigenvalue weighted by Crippen LogP contribution is -2.17. The highest BCUT2D eigenvalue weighted by Crippen LogP contribution is 2.12. The molecule has 2 aromatic rings. The summed E-state index contributed by atoms with van der Waals surface area (Å²) in [4.78, 5) is 21.1. The van der Waals surface area contributed by atoms with Gasteiger partial charge in [-0.05, 0) is 49.8 Å². The fraction of sp³-hybridized carbons (Fsp3) is 0.333. The highest BCUT2D eigenvalue weighted by Gasteiger charge is 2.11. The summed E-state index contributed by atoms with van der Waals surface area (Å²) in [7, 11) is 2.16. The number of benzene rings is 2. The lowest BCUT2D eigenvalue weighted by Gasteiger charge is -2.09. The summed E-state index contributed by atoms with van der Waals surface area (Å²) in [6.45, 7) is 9.05. The molecule has 0 aliphatic rings. The molecular formula is C27H34F2N4O3. The molecule has 2 rings (SSSR count). The van der Waals surface area contributed by atoms with Crippen molar-refractivity contribution in [2.45, 2.75) is 26.4 Å². The number of carbonyl (C=O) groups is 1. The van der Waals surface area contributed by atoms with Gasteiger partial charge in [0.1, 0.15) is 11.5 Å². The Morgan fingerprint density at radius 2 is 1.92 bits per heavy atom. The lowest BCUT2D eigenvalue weighted by atomic mass is 10.0. The molecular weight excluding hydrogens is 466 g/mol. The molecule has 0 spiro atoms. The minimum atomic E-state index is -0.398. The number of halogens is 2. The third-order valence-electron chi connectivity index (χ3n) is 4.60. The summed E-state index contributed by atoms with van der Waals surface area (Å²) in [5.74, 6) is -0.186. The van der Waals surface area contributed by atoms with Crippen molar-refractivity contribution in [2.24, 2.45) is 15.1 Å². The molecule has 0 radical (unpaired) electrons. The molecule has 2 aromatic carbocycles. The van der Waals surface area contributed by atoms with Crippen LogP contribution in [0.4, 0.5) is 14.5 Å². The first-order valence-electron chi connectivity index (χ1n) is 11.4. The summed E-state index contributed by atoms with van der Waals surface area (Å²) in [5, 5.41) is 4.19. The monoisotopic (exact) mass is 500 g/mol. The van der Waals surface area contributed by atoms with E-state index in [1.54, 1.807) is 25.4 Å². The number of hydrogen-bond donors (Lipinski definition) is 1. The number of hydrogen-bond acceptors (Lipinski definition) is 6. The van der Waals surface area contributed by atoms with Crippen LogP contribution in [0.1, 0.15) is 25.0 Å². The summed E-state index contributed by atoms with van der Waals surface area (Å²) in [5.41, 5.74) is 5.05. The number of ether oxygens (including phenoxy) is 2. The molecule has 0 aromatic heterocycles. The van der Waals surface area contributed by atoms with Crippen LogP contribution in [-0.4, -0.2) is 63.7 Å². The summed E-state index contributed by atoms with van der Waals surface area (Å²) >= 11 is 0. The molecule has 1 unspecified atom stereocenters. The Labute approximate surface area is 211 Å². The Morgan fingerprint density at radius 1 is 1.17 bits per heavy atom. The fourth-order valence-corrected chi connectivity index (χ4v) is 2.92. The van der Waals surface area contributed by atoms with E-state index in [1.807, 2.05) is 38.1 Å². The van der Waals surface area contributed by atoms with Gasteiger partial charge in [0.15, 0.2) is 5.84 Å². The smallest absolute Gasteiger partial charge is 0.201 e. The topological polar surface area (TPSA) is 84.6 Å². The Morgan fingerprint density at radius 3 is 2.58 bits per heavy atom. The number of amidine groups is 1. The average Bonchev–Trinajstić information content (AvgIpc) is 2.90. The number of ketones is 1. The zero-order chi connectivity index (χ0) is 26.8. The van der Waals surface area contributed by atoms with Crippen molar-refractivity contribution in [2.75, 3.05) is 39.5 Å². The molecule has 0 aliphatic heterocycles. The van der Waals surface area contributed by atoms with E-state index in [0.717, 1.165) is 11.1 Å². The quantitative estimate of drug-likeness (QED) is 0.137. The summed E-state index contributed by atoms with van der Waals surface area (Å²) in [6, 6.07) is 13.4. The van der Waals surface area contributed by atoms with Gasteiger partial charge in [-0.3, -0.25) is 19.6 Å². The normalized spacial score (nSPS) is 12.6. The zero-order valence-electron chi connectivity index (χ0n) is 21.2. The van der Waals surface area contributed by atoms with Gasteiger partial charge in [0.05, 0.1) is 32.2 Å². The molecule has 1 N–H and O–H groups in total. The van der Waals surface area contributed by atoms with Crippen molar-refractivity contribution in [3.8, 4) is 0 Å². The Bertz CT molecular complexity index is 1050. The minimum Gasteiger partial charge on any atom is -0.379 e. The van der Waals surface area contributed by atoms with Crippen LogP contribution in [-0.2, 0) is 20.7 Å². The SMILES string of the molecule is C=CC(=O)/C(Cc1cccc(C(N=CC(C)OCCOCC)=NC)c1)=N\Nc1cccc(F)c1.CF. The number of allylic oxidation sites excluding steroid dienone is 1. The van der Waals surface area contributed by atoms with Crippen molar-refractivity contribution in [1.29, 1.82) is 0 Å². The van der Waals surface area contributed by atoms with Gasteiger partial charge in [-0.15, -0.1) is 0 Å². The summed E-state index contributed by atoms with van der Waals surface area (Å²) in [6.07, 6.45) is 2.95. The van der Waals surface area contributed by atoms with Crippen molar-refractivity contribution in [1.82, 2.24) is 0 Å². The van der Waals surface area contributed by atoms with E-state index in [4.69, 9.17) is 9.47 Å². The molecule has 36 heavy (non-hydrogen) atoms. The zero-order valence-corrected chi connectivity index (χ0v) is 21.2. The highest BCUT2D eigenvalue weighted by atomic mass is 19.1. The van der Waals surface area contributed by atoms with E-state index < -0.39 is 5.82 Å². The number of hydrazone groups is 1. The minimum absolute atomic E-state index is 0.196. The number of rotatable bonds is 13. The molecule has 0 aliphatic carbocycles. The van der Waals surface area contributed by atoms with E-state index >= 15 is 0 Å². The number of nitrogens with one attached hydrogen (secondary N) is 1. The van der Waals surface area contributed by atoms with Crippen molar-refractivity contribution in [3.63, 3.8) is 0 Å². The predicted octanol–water partition coefficient (Wildman–Crippen LogP) is 5.07. The first-order chi connectivity index (χ1) is 17.5. The predicted molar refractivity (Wildman–Crippen MR) is 143 cm³/mol. The second kappa shape index (κ2) is 17.8. The third-order valence-corrected chi connectivity index (χ3v) is 4.60. The first-order valence-corrected chi connectivity index (χ1v) is 11.4. The van der Waals surface area contributed by atoms with Gasteiger partial charge in [0.25, 0.3) is 0 Å². The van der Waals surface area contributed by atoms with Crippen LogP contribution in [0.5, 0.6) is 0 Å². The van der Waals surface area contributed by atoms with Crippen molar-refractivity contribution >= 4 is 29.2 Å². The molecule has 7 nitrogen and oxygen atoms in total. The van der Waals surface area contributed by atoms with Crippen LogP contribution in [0, 0.1) is 5.82 Å². The Hall–Kier alpha value is -3.56. The molecule has 9 heteroatoms. The van der Waals surface area contributed by atoms with E-state index in [0.29, 0.717) is 38.5 Å². The molecule has 0 saturated heterocycles. The van der Waals surface area contributed by atoms with Gasteiger partial charge in [0, 0.05) is 31.9 Å². The van der Waals surface area contributed by atoms with E-state index in [9.17, 15) is 13.6 Å². The second-order valence-electron chi connectivity index (χ2n) is 7.22. The van der Waals surface area contributed by atoms with Crippen molar-refractivity contribution < 1.29 is 23.0 Å². The van der Waals surface area contributed by atoms with E-state index in [-0.39, 0.29) is 24.0 Å². The van der Waals surface area contributed by atoms with Gasteiger partial charge in [0.2, 0.25) is 5.78 Å². The van der Waals surface area contributed by atoms with Crippen LogP contribution in [0.25, 0.3) is 0 Å². The molecule has 0 saturated carbocycles. The maximum absolute atomic E-state index is 13.4. The second-order valence-corrected chi connectivity index (χ2v) is 7.22. The van der Waals surface area contributed by atoms with Gasteiger partial charge < -0.3 is 9.47 Å². The number of nitrogens with zero attached hydrogens (tertiary/aromatic N) is 3. The average molecular weight is 501 g/mol. The number of alkyl halides is 1. The molecule has 1 atom stereocenters. The van der Waals surface area contributed by atoms with Gasteiger partial charge in [-0.1, -0.05) is 30.8 Å². The number of carbonyl (C=O) groups excluding carboxylic acids is 1. The van der Waals surface area contributed by atoms with Gasteiger partial charge in [-0.25, -0.2) is 9.38 Å². The Kier molecular flexibility index (Phi) is 15.1. The lowest BCUT2D eigenvalue weighted by molar-refractivity contribution is -0.109. The first kappa shape index (κ1) is 30.5. The van der Waals surface area contributed by atoms with E-state index in [1.165, 1.54) is 18.2 Å². The van der Waals surface area contributed by atoms with Crippen LogP contribution in [0.15, 0.2) is 76.3 Å². The van der Waals surface area contributed by atoms with Crippen LogP contribution in [0.3, 0.4) is 0 Å². The Balaban J connectivity index is 0.00000316. The molecule has 0 amide bonds. The fourth-order valence-electron chi connectivity index (χ4n) is 2.92. The number of anilines is 1. The summed E-state index contributed by atoms with van der Waals surface area (Å²) < 4.78 is 33.8. The standard InChI is InChI=1S/C26H31FN4O3.CH3F/c1-5-25(32)24(31-30-23-12-8-11-22(27)17-23)16-20-9-7-10-21(15-20)26(28-4)29-18-19(3)34-14-13-33-6-2;1-2/h5,7-12,15,17-19,30H,1,6,13-14,16H2,2-4H3;1H3/b28-26?,29-18?,31-24-;. The van der Waals surface area contributed by atoms with Gasteiger partial charge >= 0.3 is 0 Å². The maximum atomic E-state index is 13.4. The third kappa shape index (κ3) is 11.2. The molecule has 0 bridgehead atoms. The van der Waals surface area contributed by atoms with Gasteiger partial charge in [-0.2, -0.15) is 5.10 Å².